The van der Waals surface area contributed by atoms with Crippen molar-refractivity contribution in [3.05, 3.63) is 56.3 Å². The minimum atomic E-state index is -0.874. The van der Waals surface area contributed by atoms with E-state index in [0.29, 0.717) is 41.7 Å². The summed E-state index contributed by atoms with van der Waals surface area (Å²) in [6.07, 6.45) is 4.02. The lowest BCUT2D eigenvalue weighted by molar-refractivity contribution is -0.384. The minimum absolute atomic E-state index is 0.0264. The molecule has 0 spiro atoms. The van der Waals surface area contributed by atoms with Crippen LogP contribution in [0.4, 0.5) is 17.1 Å². The Morgan fingerprint density at radius 3 is 2.21 bits per heavy atom. The number of nitrogens with one attached hydrogen (secondary N) is 3. The van der Waals surface area contributed by atoms with Gasteiger partial charge in [0.15, 0.2) is 0 Å². The van der Waals surface area contributed by atoms with Gasteiger partial charge in [0.25, 0.3) is 17.5 Å². The normalized spacial score (nSPS) is 27.7. The number of amides is 3. The number of morpholine rings is 1. The van der Waals surface area contributed by atoms with Gasteiger partial charge in [-0.25, -0.2) is 0 Å². The van der Waals surface area contributed by atoms with E-state index < -0.39 is 22.9 Å². The highest BCUT2D eigenvalue weighted by Gasteiger charge is 2.42. The van der Waals surface area contributed by atoms with Crippen LogP contribution in [0.1, 0.15) is 67.7 Å². The number of hydrogen-bond acceptors (Lipinski definition) is 10. The Balaban J connectivity index is 1.46. The van der Waals surface area contributed by atoms with Crippen molar-refractivity contribution in [2.45, 2.75) is 89.5 Å². The van der Waals surface area contributed by atoms with Gasteiger partial charge in [-0.2, -0.15) is 0 Å². The van der Waals surface area contributed by atoms with E-state index in [1.165, 1.54) is 17.2 Å². The van der Waals surface area contributed by atoms with Gasteiger partial charge in [-0.05, 0) is 59.1 Å². The number of nitro benzene ring substituents is 1. The van der Waals surface area contributed by atoms with Gasteiger partial charge in [-0.15, -0.1) is 0 Å². The second-order valence-electron chi connectivity index (χ2n) is 12.8. The first-order valence-electron chi connectivity index (χ1n) is 15.9. The first-order valence-corrected chi connectivity index (χ1v) is 16.7. The number of aromatic nitrogens is 1. The average Bonchev–Trinajstić information content (AvgIpc) is 3.44. The molecular formula is C32H42BrN7O7. The molecular weight excluding hydrogens is 674 g/mol. The lowest BCUT2D eigenvalue weighted by atomic mass is 9.99. The molecule has 3 N–H and O–H groups in total. The van der Waals surface area contributed by atoms with Crippen molar-refractivity contribution < 1.29 is 28.8 Å². The van der Waals surface area contributed by atoms with Crippen molar-refractivity contribution in [2.24, 2.45) is 0 Å². The monoisotopic (exact) mass is 715 g/mol. The molecule has 254 valence electrons. The molecule has 2 aromatic rings. The summed E-state index contributed by atoms with van der Waals surface area (Å²) in [7, 11) is 1.72. The third-order valence-corrected chi connectivity index (χ3v) is 9.20. The molecule has 14 nitrogen and oxygen atoms in total. The Morgan fingerprint density at radius 2 is 1.57 bits per heavy atom. The van der Waals surface area contributed by atoms with Crippen molar-refractivity contribution >= 4 is 50.7 Å². The molecule has 1 aromatic carbocycles. The first kappa shape index (κ1) is 34.5. The number of likely N-dealkylation sites (tertiary alicyclic amines) is 1. The van der Waals surface area contributed by atoms with Gasteiger partial charge in [0.05, 0.1) is 46.2 Å². The minimum Gasteiger partial charge on any atom is -0.387 e. The van der Waals surface area contributed by atoms with E-state index in [9.17, 15) is 24.5 Å². The first-order chi connectivity index (χ1) is 22.3. The van der Waals surface area contributed by atoms with E-state index in [1.807, 2.05) is 27.7 Å². The maximum atomic E-state index is 13.9. The summed E-state index contributed by atoms with van der Waals surface area (Å²) in [5.41, 5.74) is 0.800. The van der Waals surface area contributed by atoms with Gasteiger partial charge >= 0.3 is 0 Å². The maximum Gasteiger partial charge on any atom is 0.294 e. The zero-order chi connectivity index (χ0) is 34.0. The number of nitrogens with zero attached hydrogens (tertiary/aromatic N) is 4. The van der Waals surface area contributed by atoms with Gasteiger partial charge in [0, 0.05) is 61.7 Å². The number of ether oxygens (including phenoxy) is 2. The molecule has 7 atom stereocenters. The third-order valence-electron chi connectivity index (χ3n) is 8.75. The molecule has 0 bridgehead atoms. The highest BCUT2D eigenvalue weighted by Crippen LogP contribution is 2.36. The molecule has 1 unspecified atom stereocenters. The van der Waals surface area contributed by atoms with Gasteiger partial charge in [0.2, 0.25) is 5.91 Å². The van der Waals surface area contributed by atoms with Crippen LogP contribution in [0, 0.1) is 10.1 Å². The highest BCUT2D eigenvalue weighted by atomic mass is 79.9. The predicted octanol–water partition coefficient (Wildman–Crippen LogP) is 3.81. The van der Waals surface area contributed by atoms with Crippen molar-refractivity contribution in [1.29, 1.82) is 0 Å². The maximum absolute atomic E-state index is 13.9. The number of benzene rings is 1. The van der Waals surface area contributed by atoms with E-state index in [-0.39, 0.29) is 72.2 Å². The molecule has 0 saturated carbocycles. The van der Waals surface area contributed by atoms with Crippen LogP contribution in [-0.2, 0) is 14.3 Å². The standard InChI is InChI=1S/C32H42BrN7O7/c1-17-6-23(7-18(2)46-17)37-30(41)28-11-25(16-39(28)31(42)21-8-24(34-5)13-35-12-21)36-29-26(9-22(33)10-27(29)40(44)45)32(43)38-14-19(3)47-20(4)15-38/h8-10,12-13,17-20,23,25,28,34,36H,6-7,11,14-16H2,1-5H3,(H,37,41)/t17-,18+,19-,20+,23?,25-,28+/m1/s1. The number of pyridine rings is 1. The molecule has 5 rings (SSSR count). The van der Waals surface area contributed by atoms with Crippen molar-refractivity contribution in [3.63, 3.8) is 0 Å². The summed E-state index contributed by atoms with van der Waals surface area (Å²) in [4.78, 5) is 60.8. The molecule has 3 amide bonds. The van der Waals surface area contributed by atoms with Gasteiger partial charge in [-0.1, -0.05) is 15.9 Å². The summed E-state index contributed by atoms with van der Waals surface area (Å²) in [6.45, 7) is 8.40. The van der Waals surface area contributed by atoms with Crippen LogP contribution in [0.25, 0.3) is 0 Å². The molecule has 3 saturated heterocycles. The molecule has 3 fully saturated rings. The van der Waals surface area contributed by atoms with Gasteiger partial charge in [0.1, 0.15) is 11.7 Å². The van der Waals surface area contributed by atoms with Gasteiger partial charge < -0.3 is 35.2 Å². The van der Waals surface area contributed by atoms with Crippen LogP contribution < -0.4 is 16.0 Å². The Labute approximate surface area is 282 Å². The summed E-state index contributed by atoms with van der Waals surface area (Å²) >= 11 is 3.34. The molecule has 0 aliphatic carbocycles. The number of rotatable bonds is 8. The fraction of sp³-hybridized carbons (Fsp3) is 0.562. The second kappa shape index (κ2) is 14.5. The molecule has 1 aromatic heterocycles. The van der Waals surface area contributed by atoms with Crippen LogP contribution in [-0.4, -0.2) is 107 Å². The summed E-state index contributed by atoms with van der Waals surface area (Å²) < 4.78 is 12.0. The van der Waals surface area contributed by atoms with Crippen LogP contribution in [0.5, 0.6) is 0 Å². The van der Waals surface area contributed by atoms with Crippen molar-refractivity contribution in [3.8, 4) is 0 Å². The molecule has 47 heavy (non-hydrogen) atoms. The molecule has 4 heterocycles. The molecule has 3 aliphatic rings. The summed E-state index contributed by atoms with van der Waals surface area (Å²) in [5.74, 6) is -1.09. The predicted molar refractivity (Wildman–Crippen MR) is 179 cm³/mol. The quantitative estimate of drug-likeness (QED) is 0.270. The Morgan fingerprint density at radius 1 is 0.915 bits per heavy atom. The van der Waals surface area contributed by atoms with E-state index >= 15 is 0 Å². The summed E-state index contributed by atoms with van der Waals surface area (Å²) in [5, 5.41) is 21.6. The third kappa shape index (κ3) is 8.01. The number of carbonyl (C=O) groups excluding carboxylic acids is 3. The Bertz CT molecular complexity index is 1510. The van der Waals surface area contributed by atoms with Crippen LogP contribution >= 0.6 is 15.9 Å². The topological polar surface area (TPSA) is 168 Å². The number of nitro groups is 1. The molecule has 0 radical (unpaired) electrons. The number of anilines is 2. The smallest absolute Gasteiger partial charge is 0.294 e. The highest BCUT2D eigenvalue weighted by molar-refractivity contribution is 9.10. The van der Waals surface area contributed by atoms with E-state index in [2.05, 4.69) is 36.9 Å². The fourth-order valence-corrected chi connectivity index (χ4v) is 7.31. The van der Waals surface area contributed by atoms with E-state index in [4.69, 9.17) is 9.47 Å². The van der Waals surface area contributed by atoms with Crippen molar-refractivity contribution in [2.75, 3.05) is 37.3 Å². The zero-order valence-electron chi connectivity index (χ0n) is 27.2. The van der Waals surface area contributed by atoms with Crippen LogP contribution in [0.15, 0.2) is 35.1 Å². The second-order valence-corrected chi connectivity index (χ2v) is 13.7. The zero-order valence-corrected chi connectivity index (χ0v) is 28.8. The number of halogens is 1. The van der Waals surface area contributed by atoms with E-state index in [1.54, 1.807) is 30.3 Å². The van der Waals surface area contributed by atoms with Crippen LogP contribution in [0.3, 0.4) is 0 Å². The largest absolute Gasteiger partial charge is 0.387 e. The lowest BCUT2D eigenvalue weighted by Gasteiger charge is -2.35. The number of hydrogen-bond donors (Lipinski definition) is 3. The lowest BCUT2D eigenvalue weighted by Crippen LogP contribution is -2.51. The molecule has 15 heteroatoms. The SMILES string of the molecule is CNc1cncc(C(=O)N2C[C@H](Nc3c(C(=O)N4C[C@@H](C)O[C@@H](C)C4)cc(Br)cc3[N+](=O)[O-])C[C@H]2C(=O)NC2C[C@@H](C)O[C@@H](C)C2)c1. The summed E-state index contributed by atoms with van der Waals surface area (Å²) in [6, 6.07) is 2.97. The van der Waals surface area contributed by atoms with Gasteiger partial charge in [-0.3, -0.25) is 29.5 Å². The van der Waals surface area contributed by atoms with Crippen LogP contribution in [0.2, 0.25) is 0 Å². The number of carbonyl (C=O) groups is 3. The Hall–Kier alpha value is -3.82. The average molecular weight is 717 g/mol. The Kier molecular flexibility index (Phi) is 10.7. The molecule has 3 aliphatic heterocycles. The fourth-order valence-electron chi connectivity index (χ4n) is 6.87. The van der Waals surface area contributed by atoms with Crippen molar-refractivity contribution in [1.82, 2.24) is 20.1 Å². The van der Waals surface area contributed by atoms with E-state index in [0.717, 1.165) is 0 Å².